The predicted molar refractivity (Wildman–Crippen MR) is 54.5 cm³/mol. The first-order valence-corrected chi connectivity index (χ1v) is 5.32. The lowest BCUT2D eigenvalue weighted by atomic mass is 10.5. The van der Waals surface area contributed by atoms with E-state index in [0.29, 0.717) is 0 Å². The summed E-state index contributed by atoms with van der Waals surface area (Å²) in [6, 6.07) is 0. The van der Waals surface area contributed by atoms with Gasteiger partial charge in [-0.3, -0.25) is 0 Å². The highest BCUT2D eigenvalue weighted by Gasteiger charge is 1.95. The van der Waals surface area contributed by atoms with Gasteiger partial charge in [0.05, 0.1) is 0 Å². The molecule has 0 saturated carbocycles. The van der Waals surface area contributed by atoms with Crippen LogP contribution in [0, 0.1) is 0 Å². The van der Waals surface area contributed by atoms with Crippen LogP contribution in [0.5, 0.6) is 0 Å². The number of allylic oxidation sites excluding steroid dienone is 2. The number of hydrogen-bond donors (Lipinski definition) is 0. The van der Waals surface area contributed by atoms with Gasteiger partial charge in [0.15, 0.2) is 0 Å². The zero-order valence-electron chi connectivity index (χ0n) is 6.39. The van der Waals surface area contributed by atoms with Crippen LogP contribution in [-0.2, 0) is 0 Å². The second-order valence-electron chi connectivity index (χ2n) is 1.54. The smallest absolute Gasteiger partial charge is 0.0199 e. The summed E-state index contributed by atoms with van der Waals surface area (Å²) in [5, 5.41) is 0. The molecule has 0 radical (unpaired) electrons. The van der Waals surface area contributed by atoms with Crippen molar-refractivity contribution in [2.75, 3.05) is 12.5 Å². The maximum atomic E-state index is 3.71. The van der Waals surface area contributed by atoms with Gasteiger partial charge in [-0.1, -0.05) is 25.3 Å². The SMILES string of the molecule is C=C/C(SC)=C(\C=C)SC. The molecule has 0 aliphatic rings. The van der Waals surface area contributed by atoms with E-state index in [-0.39, 0.29) is 0 Å². The van der Waals surface area contributed by atoms with Crippen LogP contribution in [0.1, 0.15) is 0 Å². The molecule has 0 aliphatic carbocycles. The summed E-state index contributed by atoms with van der Waals surface area (Å²) in [7, 11) is 0. The average molecular weight is 172 g/mol. The molecule has 0 aliphatic heterocycles. The molecule has 0 saturated heterocycles. The van der Waals surface area contributed by atoms with Gasteiger partial charge in [0.2, 0.25) is 0 Å². The summed E-state index contributed by atoms with van der Waals surface area (Å²) in [5.41, 5.74) is 0. The van der Waals surface area contributed by atoms with Gasteiger partial charge in [0.1, 0.15) is 0 Å². The molecular formula is C8H12S2. The summed E-state index contributed by atoms with van der Waals surface area (Å²) in [5.74, 6) is 0. The third kappa shape index (κ3) is 2.67. The van der Waals surface area contributed by atoms with Crippen molar-refractivity contribution in [1.29, 1.82) is 0 Å². The number of hydrogen-bond acceptors (Lipinski definition) is 2. The molecule has 0 aromatic rings. The van der Waals surface area contributed by atoms with Crippen LogP contribution < -0.4 is 0 Å². The van der Waals surface area contributed by atoms with Crippen molar-refractivity contribution in [2.24, 2.45) is 0 Å². The Morgan fingerprint density at radius 1 is 1.00 bits per heavy atom. The molecule has 10 heavy (non-hydrogen) atoms. The fraction of sp³-hybridized carbons (Fsp3) is 0.250. The van der Waals surface area contributed by atoms with Gasteiger partial charge in [-0.25, -0.2) is 0 Å². The van der Waals surface area contributed by atoms with Gasteiger partial charge in [0.25, 0.3) is 0 Å². The lowest BCUT2D eigenvalue weighted by Gasteiger charge is -2.00. The highest BCUT2D eigenvalue weighted by atomic mass is 32.2. The van der Waals surface area contributed by atoms with E-state index in [0.717, 1.165) is 0 Å². The van der Waals surface area contributed by atoms with Gasteiger partial charge in [0, 0.05) is 9.81 Å². The molecule has 0 aromatic carbocycles. The van der Waals surface area contributed by atoms with Crippen molar-refractivity contribution in [2.45, 2.75) is 0 Å². The lowest BCUT2D eigenvalue weighted by molar-refractivity contribution is 1.85. The van der Waals surface area contributed by atoms with Crippen LogP contribution in [0.3, 0.4) is 0 Å². The van der Waals surface area contributed by atoms with E-state index >= 15 is 0 Å². The minimum Gasteiger partial charge on any atom is -0.128 e. The van der Waals surface area contributed by atoms with Crippen LogP contribution >= 0.6 is 23.5 Å². The molecule has 0 aromatic heterocycles. The van der Waals surface area contributed by atoms with Crippen LogP contribution in [0.4, 0.5) is 0 Å². The second-order valence-corrected chi connectivity index (χ2v) is 3.24. The Kier molecular flexibility index (Phi) is 5.64. The monoisotopic (exact) mass is 172 g/mol. The summed E-state index contributed by atoms with van der Waals surface area (Å²) in [6.45, 7) is 7.42. The minimum atomic E-state index is 1.20. The molecule has 2 heteroatoms. The molecule has 0 fully saturated rings. The summed E-state index contributed by atoms with van der Waals surface area (Å²) >= 11 is 3.39. The normalized spacial score (nSPS) is 12.2. The molecule has 0 spiro atoms. The van der Waals surface area contributed by atoms with E-state index in [1.807, 2.05) is 24.7 Å². The first kappa shape index (κ1) is 9.92. The molecular weight excluding hydrogens is 160 g/mol. The first-order valence-electron chi connectivity index (χ1n) is 2.87. The minimum absolute atomic E-state index is 1.20. The summed E-state index contributed by atoms with van der Waals surface area (Å²) < 4.78 is 0. The standard InChI is InChI=1S/C8H12S2/c1-5-7(9-3)8(6-2)10-4/h5-6H,1-2H2,3-4H3/b8-7-. The predicted octanol–water partition coefficient (Wildman–Crippen LogP) is 3.30. The van der Waals surface area contributed by atoms with Crippen LogP contribution in [0.2, 0.25) is 0 Å². The highest BCUT2D eigenvalue weighted by Crippen LogP contribution is 2.25. The number of thioether (sulfide) groups is 2. The Balaban J connectivity index is 4.50. The summed E-state index contributed by atoms with van der Waals surface area (Å²) in [6.07, 6.45) is 7.80. The van der Waals surface area contributed by atoms with E-state index in [9.17, 15) is 0 Å². The van der Waals surface area contributed by atoms with Crippen molar-refractivity contribution in [1.82, 2.24) is 0 Å². The third-order valence-electron chi connectivity index (χ3n) is 1.05. The largest absolute Gasteiger partial charge is 0.128 e. The third-order valence-corrected chi connectivity index (χ3v) is 2.84. The van der Waals surface area contributed by atoms with E-state index in [2.05, 4.69) is 13.2 Å². The van der Waals surface area contributed by atoms with Crippen LogP contribution in [0.15, 0.2) is 35.1 Å². The zero-order chi connectivity index (χ0) is 7.98. The van der Waals surface area contributed by atoms with Crippen LogP contribution in [-0.4, -0.2) is 12.5 Å². The van der Waals surface area contributed by atoms with Gasteiger partial charge < -0.3 is 0 Å². The maximum absolute atomic E-state index is 3.71. The van der Waals surface area contributed by atoms with Gasteiger partial charge in [-0.2, -0.15) is 0 Å². The zero-order valence-corrected chi connectivity index (χ0v) is 8.02. The van der Waals surface area contributed by atoms with Gasteiger partial charge in [-0.05, 0) is 12.5 Å². The fourth-order valence-corrected chi connectivity index (χ4v) is 1.97. The Morgan fingerprint density at radius 2 is 1.30 bits per heavy atom. The quantitative estimate of drug-likeness (QED) is 0.597. The first-order chi connectivity index (χ1) is 4.79. The molecule has 0 unspecified atom stereocenters. The van der Waals surface area contributed by atoms with Crippen molar-refractivity contribution < 1.29 is 0 Å². The van der Waals surface area contributed by atoms with Gasteiger partial charge >= 0.3 is 0 Å². The Hall–Kier alpha value is -0.0800. The van der Waals surface area contributed by atoms with E-state index in [1.54, 1.807) is 23.5 Å². The van der Waals surface area contributed by atoms with E-state index in [4.69, 9.17) is 0 Å². The Bertz CT molecular complexity index is 139. The van der Waals surface area contributed by atoms with Crippen molar-refractivity contribution in [3.8, 4) is 0 Å². The molecule has 0 atom stereocenters. The molecule has 0 amide bonds. The summed E-state index contributed by atoms with van der Waals surface area (Å²) in [4.78, 5) is 2.39. The number of rotatable bonds is 4. The fourth-order valence-electron chi connectivity index (χ4n) is 0.569. The second kappa shape index (κ2) is 5.69. The van der Waals surface area contributed by atoms with Crippen molar-refractivity contribution >= 4 is 23.5 Å². The molecule has 0 nitrogen and oxygen atoms in total. The highest BCUT2D eigenvalue weighted by molar-refractivity contribution is 8.06. The van der Waals surface area contributed by atoms with Crippen molar-refractivity contribution in [3.05, 3.63) is 35.1 Å². The Labute approximate surface area is 71.5 Å². The average Bonchev–Trinajstić information content (AvgIpc) is 2.00. The molecule has 0 rings (SSSR count). The Morgan fingerprint density at radius 3 is 1.40 bits per heavy atom. The molecule has 0 heterocycles. The van der Waals surface area contributed by atoms with Crippen molar-refractivity contribution in [3.63, 3.8) is 0 Å². The molecule has 0 N–H and O–H groups in total. The topological polar surface area (TPSA) is 0 Å². The van der Waals surface area contributed by atoms with E-state index < -0.39 is 0 Å². The van der Waals surface area contributed by atoms with E-state index in [1.165, 1.54) is 9.81 Å². The lowest BCUT2D eigenvalue weighted by Crippen LogP contribution is -1.74. The molecule has 0 bridgehead atoms. The molecule has 56 valence electrons. The van der Waals surface area contributed by atoms with Gasteiger partial charge in [-0.15, -0.1) is 23.5 Å². The van der Waals surface area contributed by atoms with Crippen LogP contribution in [0.25, 0.3) is 0 Å². The maximum Gasteiger partial charge on any atom is 0.0199 e.